The number of piperidine rings is 1. The zero-order valence-corrected chi connectivity index (χ0v) is 27.1. The monoisotopic (exact) mass is 645 g/mol. The van der Waals surface area contributed by atoms with Crippen molar-refractivity contribution in [1.82, 2.24) is 14.9 Å². The molecule has 2 aliphatic rings. The summed E-state index contributed by atoms with van der Waals surface area (Å²) in [6, 6.07) is 16.9. The number of halogens is 2. The molecule has 0 unspecified atom stereocenters. The van der Waals surface area contributed by atoms with E-state index < -0.39 is 11.8 Å². The van der Waals surface area contributed by atoms with E-state index in [1.54, 1.807) is 17.3 Å². The van der Waals surface area contributed by atoms with Crippen LogP contribution in [-0.4, -0.2) is 53.7 Å². The van der Waals surface area contributed by atoms with Crippen LogP contribution in [0.1, 0.15) is 53.9 Å². The van der Waals surface area contributed by atoms with Gasteiger partial charge in [-0.15, -0.1) is 0 Å². The number of hydrazine groups is 1. The number of nitrogens with one attached hydrogen (secondary N) is 1. The second-order valence-corrected chi connectivity index (χ2v) is 13.2. The second-order valence-electron chi connectivity index (χ2n) is 12.8. The van der Waals surface area contributed by atoms with Gasteiger partial charge in [-0.2, -0.15) is 0 Å². The van der Waals surface area contributed by atoms with Gasteiger partial charge in [0.2, 0.25) is 0 Å². The number of hydrogen-bond acceptors (Lipinski definition) is 7. The molecule has 10 heteroatoms. The van der Waals surface area contributed by atoms with Gasteiger partial charge in [-0.1, -0.05) is 43.6 Å². The number of nitrogens with two attached hydrogens (primary N) is 2. The summed E-state index contributed by atoms with van der Waals surface area (Å²) in [5.74, 6) is 6.96. The second kappa shape index (κ2) is 13.7. The van der Waals surface area contributed by atoms with Crippen molar-refractivity contribution >= 4 is 34.2 Å². The number of nitrogens with zero attached hydrogens (tertiary/aromatic N) is 2. The number of esters is 1. The van der Waals surface area contributed by atoms with Crippen molar-refractivity contribution in [3.63, 3.8) is 0 Å². The van der Waals surface area contributed by atoms with Crippen LogP contribution in [0.2, 0.25) is 5.02 Å². The Kier molecular flexibility index (Phi) is 9.54. The minimum Gasteiger partial charge on any atom is -0.493 e. The van der Waals surface area contributed by atoms with E-state index in [1.165, 1.54) is 23.3 Å². The molecule has 0 aliphatic carbocycles. The summed E-state index contributed by atoms with van der Waals surface area (Å²) < 4.78 is 25.3. The first-order valence-corrected chi connectivity index (χ1v) is 16.3. The lowest BCUT2D eigenvalue weighted by Crippen LogP contribution is -2.39. The number of H-pyrrole nitrogens is 1. The van der Waals surface area contributed by atoms with Crippen LogP contribution in [0.5, 0.6) is 5.75 Å². The summed E-state index contributed by atoms with van der Waals surface area (Å²) in [5, 5.41) is 2.83. The van der Waals surface area contributed by atoms with Crippen molar-refractivity contribution in [1.29, 1.82) is 0 Å². The number of hydrogen-bond donors (Lipinski definition) is 3. The molecule has 0 atom stereocenters. The molecule has 1 saturated heterocycles. The number of aromatic amines is 1. The van der Waals surface area contributed by atoms with Gasteiger partial charge in [-0.3, -0.25) is 4.90 Å². The number of carbonyl (C=O) groups is 1. The van der Waals surface area contributed by atoms with Crippen LogP contribution in [0, 0.1) is 17.7 Å². The molecule has 1 aromatic heterocycles. The van der Waals surface area contributed by atoms with E-state index in [4.69, 9.17) is 32.7 Å². The summed E-state index contributed by atoms with van der Waals surface area (Å²) in [5.41, 5.74) is 12.5. The Hall–Kier alpha value is -4.05. The molecule has 0 saturated carbocycles. The van der Waals surface area contributed by atoms with E-state index in [9.17, 15) is 9.18 Å². The van der Waals surface area contributed by atoms with Crippen molar-refractivity contribution in [3.05, 3.63) is 94.0 Å². The summed E-state index contributed by atoms with van der Waals surface area (Å²) in [7, 11) is 0. The molecule has 3 aromatic carbocycles. The summed E-state index contributed by atoms with van der Waals surface area (Å²) >= 11 is 6.76. The van der Waals surface area contributed by atoms with Gasteiger partial charge >= 0.3 is 5.97 Å². The fourth-order valence-corrected chi connectivity index (χ4v) is 6.67. The molecule has 0 spiro atoms. The molecule has 1 fully saturated rings. The van der Waals surface area contributed by atoms with Gasteiger partial charge in [0.05, 0.1) is 18.9 Å². The molecule has 0 amide bonds. The minimum absolute atomic E-state index is 0.169. The lowest BCUT2D eigenvalue weighted by Gasteiger charge is -2.33. The van der Waals surface area contributed by atoms with Gasteiger partial charge in [0.25, 0.3) is 0 Å². The maximum atomic E-state index is 14.2. The number of carbonyl (C=O) groups excluding carboxylic acids is 1. The average Bonchev–Trinajstić information content (AvgIpc) is 3.65. The molecular weight excluding hydrogens is 605 g/mol. The Morgan fingerprint density at radius 1 is 1.17 bits per heavy atom. The van der Waals surface area contributed by atoms with Gasteiger partial charge in [-0.25, -0.2) is 15.0 Å². The van der Waals surface area contributed by atoms with Gasteiger partial charge in [-0.05, 0) is 90.9 Å². The van der Waals surface area contributed by atoms with Crippen LogP contribution in [0.4, 0.5) is 4.39 Å². The Morgan fingerprint density at radius 3 is 2.74 bits per heavy atom. The van der Waals surface area contributed by atoms with Crippen LogP contribution < -0.4 is 16.3 Å². The SMILES string of the molecule is CC(C)COC(=O)c1[nH]c2ccc(F)cc2c1/C(N)=C/N(N)CC1CCN(Cc2ccc(-c3ccc4c(c3)CCO4)c(Cl)c2)CC1. The van der Waals surface area contributed by atoms with E-state index >= 15 is 0 Å². The first-order chi connectivity index (χ1) is 22.1. The fraction of sp³-hybridized carbons (Fsp3) is 0.361. The minimum atomic E-state index is -0.540. The number of rotatable bonds is 10. The van der Waals surface area contributed by atoms with E-state index in [1.807, 2.05) is 19.9 Å². The number of aromatic nitrogens is 1. The van der Waals surface area contributed by atoms with Crippen molar-refractivity contribution in [2.75, 3.05) is 32.8 Å². The van der Waals surface area contributed by atoms with Crippen LogP contribution >= 0.6 is 11.6 Å². The molecular formula is C36H41ClFN5O3. The molecule has 8 nitrogen and oxygen atoms in total. The third kappa shape index (κ3) is 7.17. The van der Waals surface area contributed by atoms with Crippen molar-refractivity contribution in [3.8, 4) is 16.9 Å². The molecule has 5 N–H and O–H groups in total. The Bertz CT molecular complexity index is 1760. The zero-order valence-electron chi connectivity index (χ0n) is 26.3. The highest BCUT2D eigenvalue weighted by Gasteiger charge is 2.24. The van der Waals surface area contributed by atoms with Gasteiger partial charge < -0.3 is 25.2 Å². The van der Waals surface area contributed by atoms with Gasteiger partial charge in [0.1, 0.15) is 17.3 Å². The molecule has 3 heterocycles. The highest BCUT2D eigenvalue weighted by Crippen LogP contribution is 2.35. The predicted octanol–water partition coefficient (Wildman–Crippen LogP) is 6.72. The first-order valence-electron chi connectivity index (χ1n) is 15.9. The number of fused-ring (bicyclic) bond motifs is 2. The van der Waals surface area contributed by atoms with E-state index in [0.717, 1.165) is 67.4 Å². The highest BCUT2D eigenvalue weighted by molar-refractivity contribution is 6.33. The molecule has 4 aromatic rings. The number of likely N-dealkylation sites (tertiary alicyclic amines) is 1. The summed E-state index contributed by atoms with van der Waals surface area (Å²) in [4.78, 5) is 18.4. The normalized spacial score (nSPS) is 15.7. The maximum absolute atomic E-state index is 14.2. The molecule has 46 heavy (non-hydrogen) atoms. The summed E-state index contributed by atoms with van der Waals surface area (Å²) in [6.45, 7) is 8.23. The Morgan fingerprint density at radius 2 is 1.98 bits per heavy atom. The van der Waals surface area contributed by atoms with Crippen LogP contribution in [0.3, 0.4) is 0 Å². The van der Waals surface area contributed by atoms with E-state index in [2.05, 4.69) is 40.2 Å². The number of ether oxygens (including phenoxy) is 2. The number of benzene rings is 3. The topological polar surface area (TPSA) is 110 Å². The molecule has 242 valence electrons. The van der Waals surface area contributed by atoms with Crippen LogP contribution in [-0.2, 0) is 17.7 Å². The third-order valence-electron chi connectivity index (χ3n) is 8.72. The Balaban J connectivity index is 1.06. The predicted molar refractivity (Wildman–Crippen MR) is 181 cm³/mol. The van der Waals surface area contributed by atoms with Gasteiger partial charge in [0, 0.05) is 52.8 Å². The molecule has 2 aliphatic heterocycles. The van der Waals surface area contributed by atoms with Crippen molar-refractivity contribution in [2.45, 2.75) is 39.7 Å². The smallest absolute Gasteiger partial charge is 0.355 e. The van der Waals surface area contributed by atoms with E-state index in [-0.39, 0.29) is 23.9 Å². The van der Waals surface area contributed by atoms with Crippen LogP contribution in [0.25, 0.3) is 27.7 Å². The Labute approximate surface area is 274 Å². The maximum Gasteiger partial charge on any atom is 0.355 e. The summed E-state index contributed by atoms with van der Waals surface area (Å²) in [6.07, 6.45) is 4.52. The van der Waals surface area contributed by atoms with Crippen LogP contribution in [0.15, 0.2) is 60.8 Å². The fourth-order valence-electron chi connectivity index (χ4n) is 6.36. The molecule has 0 radical (unpaired) electrons. The average molecular weight is 646 g/mol. The van der Waals surface area contributed by atoms with Gasteiger partial charge in [0.15, 0.2) is 0 Å². The molecule has 6 rings (SSSR count). The largest absolute Gasteiger partial charge is 0.493 e. The zero-order chi connectivity index (χ0) is 32.4. The molecule has 0 bridgehead atoms. The van der Waals surface area contributed by atoms with E-state index in [0.29, 0.717) is 28.9 Å². The quantitative estimate of drug-likeness (QED) is 0.0998. The van der Waals surface area contributed by atoms with Crippen molar-refractivity contribution < 1.29 is 18.7 Å². The standard InChI is InChI=1S/C36H41ClFN5O3/c1-22(2)21-46-36(44)35-34(29-17-27(38)5-7-32(29)41-35)31(39)20-43(40)19-23-9-12-42(13-10-23)18-24-3-6-28(30(37)15-24)25-4-8-33-26(16-25)11-14-45-33/h3-8,15-17,20,22-23,41H,9-14,18-19,21,39-40H2,1-2H3/b31-20-. The van der Waals surface area contributed by atoms with Crippen molar-refractivity contribution in [2.24, 2.45) is 23.4 Å². The lowest BCUT2D eigenvalue weighted by atomic mass is 9.96. The first kappa shape index (κ1) is 31.9. The highest BCUT2D eigenvalue weighted by atomic mass is 35.5. The third-order valence-corrected chi connectivity index (χ3v) is 9.04. The lowest BCUT2D eigenvalue weighted by molar-refractivity contribution is 0.0452.